The summed E-state index contributed by atoms with van der Waals surface area (Å²) in [6.45, 7) is 1.58. The minimum atomic E-state index is -1.12. The van der Waals surface area contributed by atoms with E-state index in [0.29, 0.717) is 6.54 Å². The number of aliphatic carboxylic acids is 2. The highest BCUT2D eigenvalue weighted by Gasteiger charge is 2.22. The van der Waals surface area contributed by atoms with E-state index in [1.807, 2.05) is 48.5 Å². The lowest BCUT2D eigenvalue weighted by molar-refractivity contribution is -0.139. The first-order chi connectivity index (χ1) is 17.1. The second-order valence-corrected chi connectivity index (χ2v) is 9.34. The first-order valence-electron chi connectivity index (χ1n) is 10.8. The molecule has 10 heteroatoms. The highest BCUT2D eigenvalue weighted by atomic mass is 35.5. The number of nitrogens with one attached hydrogen (secondary N) is 2. The van der Waals surface area contributed by atoms with Crippen LogP contribution in [0.1, 0.15) is 28.4 Å². The first kappa shape index (κ1) is 28.7. The van der Waals surface area contributed by atoms with Crippen molar-refractivity contribution in [2.45, 2.75) is 25.9 Å². The van der Waals surface area contributed by atoms with E-state index in [2.05, 4.69) is 10.0 Å². The zero-order chi connectivity index (χ0) is 26.7. The van der Waals surface area contributed by atoms with Crippen molar-refractivity contribution < 1.29 is 28.8 Å². The van der Waals surface area contributed by atoms with E-state index < -0.39 is 34.9 Å². The Labute approximate surface area is 216 Å². The number of benzene rings is 3. The molecule has 0 spiro atoms. The summed E-state index contributed by atoms with van der Waals surface area (Å²) in [6, 6.07) is 20.8. The molecule has 4 N–H and O–H groups in total. The average Bonchev–Trinajstić information content (AvgIpc) is 2.83. The normalized spacial score (nSPS) is 12.0. The van der Waals surface area contributed by atoms with Gasteiger partial charge < -0.3 is 15.5 Å². The maximum absolute atomic E-state index is 12.5. The summed E-state index contributed by atoms with van der Waals surface area (Å²) in [7, 11) is -1.08. The van der Waals surface area contributed by atoms with Gasteiger partial charge in [0.05, 0.1) is 21.6 Å². The van der Waals surface area contributed by atoms with Gasteiger partial charge >= 0.3 is 5.97 Å². The molecule has 190 valence electrons. The summed E-state index contributed by atoms with van der Waals surface area (Å²) in [4.78, 5) is 33.2. The maximum atomic E-state index is 12.5. The molecule has 3 aromatic carbocycles. The lowest BCUT2D eigenvalue weighted by Crippen LogP contribution is -2.42. The third-order valence-electron chi connectivity index (χ3n) is 4.86. The summed E-state index contributed by atoms with van der Waals surface area (Å²) < 4.78 is 14.1. The molecule has 3 rings (SSSR count). The Bertz CT molecular complexity index is 1230. The van der Waals surface area contributed by atoms with Crippen molar-refractivity contribution in [3.63, 3.8) is 0 Å². The number of amides is 1. The SMILES string of the molecule is CC(=O)O.CS(=O)NCc1cccc(-c2ccc(CC(NC(=O)c3ccccc3Cl)C(=O)O)cc2)c1. The third-order valence-corrected chi connectivity index (χ3v) is 5.74. The van der Waals surface area contributed by atoms with Crippen LogP contribution in [-0.2, 0) is 33.5 Å². The van der Waals surface area contributed by atoms with Crippen molar-refractivity contribution in [1.82, 2.24) is 10.0 Å². The fraction of sp³-hybridized carbons (Fsp3) is 0.192. The Balaban J connectivity index is 0.00000106. The van der Waals surface area contributed by atoms with Gasteiger partial charge in [-0.1, -0.05) is 66.2 Å². The van der Waals surface area contributed by atoms with Crippen molar-refractivity contribution in [2.75, 3.05) is 6.26 Å². The Kier molecular flexibility index (Phi) is 11.3. The Hall–Kier alpha value is -3.53. The van der Waals surface area contributed by atoms with E-state index in [0.717, 1.165) is 29.2 Å². The molecule has 1 amide bonds. The van der Waals surface area contributed by atoms with E-state index in [-0.39, 0.29) is 17.0 Å². The van der Waals surface area contributed by atoms with E-state index in [1.54, 1.807) is 30.5 Å². The number of halogens is 1. The molecule has 0 aliphatic rings. The van der Waals surface area contributed by atoms with Crippen LogP contribution in [0.25, 0.3) is 11.1 Å². The second kappa shape index (κ2) is 14.1. The Morgan fingerprint density at radius 3 is 2.14 bits per heavy atom. The highest BCUT2D eigenvalue weighted by Crippen LogP contribution is 2.22. The Morgan fingerprint density at radius 1 is 0.917 bits per heavy atom. The second-order valence-electron chi connectivity index (χ2n) is 7.74. The monoisotopic (exact) mass is 530 g/mol. The van der Waals surface area contributed by atoms with Gasteiger partial charge in [0.15, 0.2) is 0 Å². The lowest BCUT2D eigenvalue weighted by atomic mass is 9.99. The molecule has 0 aliphatic heterocycles. The van der Waals surface area contributed by atoms with Gasteiger partial charge in [0.1, 0.15) is 6.04 Å². The summed E-state index contributed by atoms with van der Waals surface area (Å²) in [5.41, 5.74) is 3.99. The summed E-state index contributed by atoms with van der Waals surface area (Å²) in [5.74, 6) is -2.49. The van der Waals surface area contributed by atoms with E-state index in [1.165, 1.54) is 0 Å². The summed E-state index contributed by atoms with van der Waals surface area (Å²) in [6.07, 6.45) is 1.72. The largest absolute Gasteiger partial charge is 0.481 e. The maximum Gasteiger partial charge on any atom is 0.326 e. The van der Waals surface area contributed by atoms with Crippen molar-refractivity contribution >= 4 is 40.4 Å². The molecule has 0 aromatic heterocycles. The Morgan fingerprint density at radius 2 is 1.56 bits per heavy atom. The number of carbonyl (C=O) groups excluding carboxylic acids is 1. The molecule has 0 saturated heterocycles. The number of hydrogen-bond donors (Lipinski definition) is 4. The van der Waals surface area contributed by atoms with E-state index >= 15 is 0 Å². The minimum absolute atomic E-state index is 0.137. The first-order valence-corrected chi connectivity index (χ1v) is 12.7. The van der Waals surface area contributed by atoms with Crippen LogP contribution in [-0.4, -0.2) is 44.6 Å². The molecule has 36 heavy (non-hydrogen) atoms. The minimum Gasteiger partial charge on any atom is -0.481 e. The van der Waals surface area contributed by atoms with Crippen LogP contribution in [0.3, 0.4) is 0 Å². The van der Waals surface area contributed by atoms with E-state index in [4.69, 9.17) is 21.5 Å². The van der Waals surface area contributed by atoms with Crippen LogP contribution in [0, 0.1) is 0 Å². The van der Waals surface area contributed by atoms with Gasteiger partial charge in [-0.3, -0.25) is 9.59 Å². The molecular weight excluding hydrogens is 504 g/mol. The highest BCUT2D eigenvalue weighted by molar-refractivity contribution is 7.82. The molecule has 0 heterocycles. The molecule has 3 aromatic rings. The van der Waals surface area contributed by atoms with Crippen LogP contribution in [0.2, 0.25) is 5.02 Å². The standard InChI is InChI=1S/C24H23ClN2O4S.C2H4O2/c1-32(31)26-15-17-5-4-6-19(13-17)18-11-9-16(10-12-18)14-22(24(29)30)27-23(28)20-7-2-3-8-21(20)25;1-2(3)4/h2-13,22,26H,14-15H2,1H3,(H,27,28)(H,29,30);1H3,(H,3,4). The smallest absolute Gasteiger partial charge is 0.326 e. The zero-order valence-electron chi connectivity index (χ0n) is 19.7. The molecule has 0 aliphatic carbocycles. The molecule has 8 nitrogen and oxygen atoms in total. The van der Waals surface area contributed by atoms with Crippen LogP contribution >= 0.6 is 11.6 Å². The lowest BCUT2D eigenvalue weighted by Gasteiger charge is -2.15. The van der Waals surface area contributed by atoms with Crippen LogP contribution in [0.5, 0.6) is 0 Å². The topological polar surface area (TPSA) is 133 Å². The molecule has 0 bridgehead atoms. The number of carboxylic acid groups (broad SMARTS) is 2. The van der Waals surface area contributed by atoms with Crippen LogP contribution in [0.4, 0.5) is 0 Å². The van der Waals surface area contributed by atoms with Crippen LogP contribution < -0.4 is 10.0 Å². The van der Waals surface area contributed by atoms with Gasteiger partial charge in [-0.15, -0.1) is 0 Å². The van der Waals surface area contributed by atoms with Crippen molar-refractivity contribution in [3.8, 4) is 11.1 Å². The zero-order valence-corrected chi connectivity index (χ0v) is 21.3. The summed E-state index contributed by atoms with van der Waals surface area (Å²) >= 11 is 6.04. The number of rotatable bonds is 9. The quantitative estimate of drug-likeness (QED) is 0.331. The molecule has 2 atom stereocenters. The van der Waals surface area contributed by atoms with Gasteiger partial charge in [0.25, 0.3) is 11.9 Å². The van der Waals surface area contributed by atoms with Gasteiger partial charge in [-0.2, -0.15) is 0 Å². The predicted octanol–water partition coefficient (Wildman–Crippen LogP) is 3.91. The molecule has 0 saturated carbocycles. The van der Waals surface area contributed by atoms with Gasteiger partial charge in [0, 0.05) is 26.1 Å². The fourth-order valence-electron chi connectivity index (χ4n) is 3.20. The van der Waals surface area contributed by atoms with Gasteiger partial charge in [-0.25, -0.2) is 13.7 Å². The van der Waals surface area contributed by atoms with Crippen LogP contribution in [0.15, 0.2) is 72.8 Å². The predicted molar refractivity (Wildman–Crippen MR) is 140 cm³/mol. The van der Waals surface area contributed by atoms with Gasteiger partial charge in [-0.05, 0) is 40.5 Å². The number of carbonyl (C=O) groups is 3. The number of hydrogen-bond acceptors (Lipinski definition) is 4. The van der Waals surface area contributed by atoms with E-state index in [9.17, 15) is 18.9 Å². The number of carboxylic acids is 2. The van der Waals surface area contributed by atoms with Gasteiger partial charge in [0.2, 0.25) is 0 Å². The average molecular weight is 531 g/mol. The molecule has 0 fully saturated rings. The fourth-order valence-corrected chi connectivity index (χ4v) is 3.79. The van der Waals surface area contributed by atoms with Crippen molar-refractivity contribution in [2.24, 2.45) is 0 Å². The summed E-state index contributed by atoms with van der Waals surface area (Å²) in [5, 5.41) is 19.8. The molecular formula is C26H27ClN2O6S. The molecule has 2 unspecified atom stereocenters. The van der Waals surface area contributed by atoms with Crippen molar-refractivity contribution in [1.29, 1.82) is 0 Å². The molecule has 0 radical (unpaired) electrons. The van der Waals surface area contributed by atoms with Crippen molar-refractivity contribution in [3.05, 3.63) is 94.5 Å². The third kappa shape index (κ3) is 9.61.